The number of amides is 2. The maximum atomic E-state index is 13.5. The van der Waals surface area contributed by atoms with Crippen molar-refractivity contribution in [1.82, 2.24) is 10.2 Å². The summed E-state index contributed by atoms with van der Waals surface area (Å²) in [4.78, 5) is 27.4. The number of hydrogen-bond donors (Lipinski definition) is 1. The Bertz CT molecular complexity index is 1130. The first-order valence-corrected chi connectivity index (χ1v) is 12.8. The van der Waals surface area contributed by atoms with E-state index in [1.807, 2.05) is 0 Å². The number of likely N-dealkylation sites (N-methyl/N-ethyl adjacent to an activating group) is 1. The Morgan fingerprint density at radius 2 is 1.82 bits per heavy atom. The normalized spacial score (nSPS) is 11.9. The lowest BCUT2D eigenvalue weighted by molar-refractivity contribution is -0.139. The lowest BCUT2D eigenvalue weighted by atomic mass is 10.1. The molecular weight excluding hydrogens is 482 g/mol. The Labute approximate surface area is 205 Å². The van der Waals surface area contributed by atoms with Gasteiger partial charge in [-0.15, -0.1) is 0 Å². The topological polar surface area (TPSA) is 105 Å². The molecule has 2 aromatic rings. The summed E-state index contributed by atoms with van der Waals surface area (Å²) in [7, 11) is -0.989. The molecule has 0 radical (unpaired) electrons. The van der Waals surface area contributed by atoms with E-state index >= 15 is 0 Å². The maximum absolute atomic E-state index is 13.5. The molecular formula is C23H30ClN3O6S. The molecule has 2 aromatic carbocycles. The van der Waals surface area contributed by atoms with Gasteiger partial charge in [0.05, 0.1) is 26.2 Å². The average molecular weight is 512 g/mol. The van der Waals surface area contributed by atoms with E-state index in [9.17, 15) is 18.0 Å². The molecule has 0 aliphatic heterocycles. The van der Waals surface area contributed by atoms with E-state index in [-0.39, 0.29) is 28.9 Å². The van der Waals surface area contributed by atoms with Crippen LogP contribution in [-0.2, 0) is 26.2 Å². The minimum absolute atomic E-state index is 0.0681. The number of carbonyl (C=O) groups is 2. The Hall–Kier alpha value is -2.98. The van der Waals surface area contributed by atoms with Crippen LogP contribution in [0, 0.1) is 0 Å². The fourth-order valence-corrected chi connectivity index (χ4v) is 4.34. The Morgan fingerprint density at radius 3 is 2.41 bits per heavy atom. The standard InChI is InChI=1S/C23H30ClN3O6S/c1-6-25-23(29)16(2)26(14-17-8-7-9-19(12-17)32-3)22(28)15-27(34(5,30)31)20-13-18(24)10-11-21(20)33-4/h7-13,16H,6,14-15H2,1-5H3,(H,25,29)/t16-/m0/s1. The van der Waals surface area contributed by atoms with E-state index in [0.29, 0.717) is 12.3 Å². The molecule has 1 N–H and O–H groups in total. The molecule has 9 nitrogen and oxygen atoms in total. The van der Waals surface area contributed by atoms with Crippen molar-refractivity contribution in [3.63, 3.8) is 0 Å². The number of nitrogens with zero attached hydrogens (tertiary/aromatic N) is 2. The van der Waals surface area contributed by atoms with E-state index in [2.05, 4.69) is 5.32 Å². The molecule has 0 aromatic heterocycles. The molecule has 2 amide bonds. The van der Waals surface area contributed by atoms with E-state index < -0.39 is 28.5 Å². The summed E-state index contributed by atoms with van der Waals surface area (Å²) < 4.78 is 36.8. The number of hydrogen-bond acceptors (Lipinski definition) is 6. The zero-order valence-electron chi connectivity index (χ0n) is 19.9. The Morgan fingerprint density at radius 1 is 1.12 bits per heavy atom. The van der Waals surface area contributed by atoms with Crippen molar-refractivity contribution < 1.29 is 27.5 Å². The third-order valence-corrected chi connectivity index (χ3v) is 6.46. The highest BCUT2D eigenvalue weighted by atomic mass is 35.5. The molecule has 0 bridgehead atoms. The molecule has 2 rings (SSSR count). The summed E-state index contributed by atoms with van der Waals surface area (Å²) in [5.74, 6) is -0.102. The number of benzene rings is 2. The van der Waals surface area contributed by atoms with Crippen molar-refractivity contribution in [2.24, 2.45) is 0 Å². The molecule has 0 fully saturated rings. The predicted molar refractivity (Wildman–Crippen MR) is 132 cm³/mol. The molecule has 0 aliphatic rings. The van der Waals surface area contributed by atoms with Gasteiger partial charge in [-0.25, -0.2) is 8.42 Å². The van der Waals surface area contributed by atoms with Crippen LogP contribution in [0.3, 0.4) is 0 Å². The Kier molecular flexibility index (Phi) is 9.57. The van der Waals surface area contributed by atoms with E-state index in [1.54, 1.807) is 44.2 Å². The number of rotatable bonds is 11. The smallest absolute Gasteiger partial charge is 0.244 e. The molecule has 186 valence electrons. The first kappa shape index (κ1) is 27.3. The largest absolute Gasteiger partial charge is 0.497 e. The van der Waals surface area contributed by atoms with E-state index in [0.717, 1.165) is 16.1 Å². The van der Waals surface area contributed by atoms with Gasteiger partial charge in [0.15, 0.2) is 0 Å². The third kappa shape index (κ3) is 7.01. The lowest BCUT2D eigenvalue weighted by Crippen LogP contribution is -2.51. The number of halogens is 1. The Balaban J connectivity index is 2.47. The van der Waals surface area contributed by atoms with Crippen LogP contribution in [0.2, 0.25) is 5.02 Å². The molecule has 0 spiro atoms. The lowest BCUT2D eigenvalue weighted by Gasteiger charge is -2.31. The number of nitrogens with one attached hydrogen (secondary N) is 1. The summed E-state index contributed by atoms with van der Waals surface area (Å²) in [6, 6.07) is 10.7. The van der Waals surface area contributed by atoms with Gasteiger partial charge in [0.2, 0.25) is 21.8 Å². The third-order valence-electron chi connectivity index (χ3n) is 5.09. The molecule has 0 saturated carbocycles. The van der Waals surface area contributed by atoms with Gasteiger partial charge in [0, 0.05) is 18.1 Å². The highest BCUT2D eigenvalue weighted by Crippen LogP contribution is 2.33. The summed E-state index contributed by atoms with van der Waals surface area (Å²) in [6.45, 7) is 3.27. The second kappa shape index (κ2) is 11.9. The SMILES string of the molecule is CCNC(=O)[C@H](C)N(Cc1cccc(OC)c1)C(=O)CN(c1cc(Cl)ccc1OC)S(C)(=O)=O. The van der Waals surface area contributed by atoms with Crippen LogP contribution in [0.1, 0.15) is 19.4 Å². The van der Waals surface area contributed by atoms with Gasteiger partial charge in [-0.3, -0.25) is 13.9 Å². The monoisotopic (exact) mass is 511 g/mol. The summed E-state index contributed by atoms with van der Waals surface area (Å²) in [5, 5.41) is 2.98. The van der Waals surface area contributed by atoms with E-state index in [4.69, 9.17) is 21.1 Å². The second-order valence-electron chi connectivity index (χ2n) is 7.53. The first-order chi connectivity index (χ1) is 16.0. The second-order valence-corrected chi connectivity index (χ2v) is 9.87. The molecule has 0 heterocycles. The maximum Gasteiger partial charge on any atom is 0.244 e. The van der Waals surface area contributed by atoms with Crippen LogP contribution in [0.4, 0.5) is 5.69 Å². The molecule has 34 heavy (non-hydrogen) atoms. The van der Waals surface area contributed by atoms with Crippen molar-refractivity contribution in [3.05, 3.63) is 53.1 Å². The molecule has 0 aliphatic carbocycles. The van der Waals surface area contributed by atoms with Crippen LogP contribution < -0.4 is 19.1 Å². The number of anilines is 1. The highest BCUT2D eigenvalue weighted by molar-refractivity contribution is 7.92. The number of ether oxygens (including phenoxy) is 2. The van der Waals surface area contributed by atoms with Crippen molar-refractivity contribution in [2.45, 2.75) is 26.4 Å². The van der Waals surface area contributed by atoms with Crippen LogP contribution >= 0.6 is 11.6 Å². The fraction of sp³-hybridized carbons (Fsp3) is 0.391. The minimum Gasteiger partial charge on any atom is -0.497 e. The van der Waals surface area contributed by atoms with Gasteiger partial charge in [-0.2, -0.15) is 0 Å². The average Bonchev–Trinajstić information content (AvgIpc) is 2.79. The number of methoxy groups -OCH3 is 2. The van der Waals surface area contributed by atoms with Crippen molar-refractivity contribution in [3.8, 4) is 11.5 Å². The minimum atomic E-state index is -3.91. The summed E-state index contributed by atoms with van der Waals surface area (Å²) in [6.07, 6.45) is 0.986. The van der Waals surface area contributed by atoms with Gasteiger partial charge in [-0.1, -0.05) is 23.7 Å². The zero-order valence-corrected chi connectivity index (χ0v) is 21.4. The van der Waals surface area contributed by atoms with Gasteiger partial charge in [-0.05, 0) is 49.7 Å². The van der Waals surface area contributed by atoms with E-state index in [1.165, 1.54) is 31.3 Å². The quantitative estimate of drug-likeness (QED) is 0.497. The van der Waals surface area contributed by atoms with Crippen LogP contribution in [0.25, 0.3) is 0 Å². The van der Waals surface area contributed by atoms with Gasteiger partial charge >= 0.3 is 0 Å². The summed E-state index contributed by atoms with van der Waals surface area (Å²) >= 11 is 6.09. The van der Waals surface area contributed by atoms with Crippen molar-refractivity contribution >= 4 is 39.1 Å². The molecule has 1 atom stereocenters. The van der Waals surface area contributed by atoms with Crippen LogP contribution in [0.15, 0.2) is 42.5 Å². The van der Waals surface area contributed by atoms with Crippen molar-refractivity contribution in [2.75, 3.05) is 37.9 Å². The molecule has 0 saturated heterocycles. The number of carbonyl (C=O) groups excluding carboxylic acids is 2. The van der Waals surface area contributed by atoms with Crippen molar-refractivity contribution in [1.29, 1.82) is 0 Å². The van der Waals surface area contributed by atoms with Crippen LogP contribution in [-0.4, -0.2) is 64.7 Å². The van der Waals surface area contributed by atoms with Crippen LogP contribution in [0.5, 0.6) is 11.5 Å². The molecule has 11 heteroatoms. The van der Waals surface area contributed by atoms with Gasteiger partial charge < -0.3 is 19.7 Å². The highest BCUT2D eigenvalue weighted by Gasteiger charge is 2.31. The van der Waals surface area contributed by atoms with Gasteiger partial charge in [0.25, 0.3) is 0 Å². The molecule has 0 unspecified atom stereocenters. The number of sulfonamides is 1. The fourth-order valence-electron chi connectivity index (χ4n) is 3.32. The zero-order chi connectivity index (χ0) is 25.5. The predicted octanol–water partition coefficient (Wildman–Crippen LogP) is 2.68. The first-order valence-electron chi connectivity index (χ1n) is 10.5. The summed E-state index contributed by atoms with van der Waals surface area (Å²) in [5.41, 5.74) is 0.841. The van der Waals surface area contributed by atoms with Gasteiger partial charge in [0.1, 0.15) is 24.1 Å².